The summed E-state index contributed by atoms with van der Waals surface area (Å²) in [5.41, 5.74) is 3.84. The first-order valence-corrected chi connectivity index (χ1v) is 10.9. The molecule has 0 bridgehead atoms. The van der Waals surface area contributed by atoms with Crippen LogP contribution in [0.4, 0.5) is 5.13 Å². The Hall–Kier alpha value is -1.60. The Morgan fingerprint density at radius 3 is 2.50 bits per heavy atom. The van der Waals surface area contributed by atoms with Gasteiger partial charge < -0.3 is 4.90 Å². The monoisotopic (exact) mass is 435 g/mol. The summed E-state index contributed by atoms with van der Waals surface area (Å²) in [5.74, 6) is 0.0125. The van der Waals surface area contributed by atoms with E-state index in [4.69, 9.17) is 4.98 Å². The molecule has 1 amide bonds. The summed E-state index contributed by atoms with van der Waals surface area (Å²) in [6, 6.07) is 12.2. The van der Waals surface area contributed by atoms with E-state index in [1.165, 1.54) is 4.90 Å². The van der Waals surface area contributed by atoms with Crippen molar-refractivity contribution in [3.63, 3.8) is 0 Å². The highest BCUT2D eigenvalue weighted by Gasteiger charge is 2.22. The number of nitrogens with zero attached hydrogens (tertiary/aromatic N) is 3. The molecule has 0 aliphatic carbocycles. The van der Waals surface area contributed by atoms with Crippen LogP contribution in [0.1, 0.15) is 21.5 Å². The molecule has 28 heavy (non-hydrogen) atoms. The van der Waals surface area contributed by atoms with Gasteiger partial charge in [-0.05, 0) is 64.0 Å². The summed E-state index contributed by atoms with van der Waals surface area (Å²) in [6.07, 6.45) is 2.07. The summed E-state index contributed by atoms with van der Waals surface area (Å²) in [7, 11) is 4.03. The second-order valence-corrected chi connectivity index (χ2v) is 8.80. The largest absolute Gasteiger partial charge is 0.308 e. The van der Waals surface area contributed by atoms with Crippen molar-refractivity contribution >= 4 is 56.8 Å². The van der Waals surface area contributed by atoms with E-state index < -0.39 is 0 Å². The molecular weight excluding hydrogens is 410 g/mol. The number of anilines is 1. The first-order valence-electron chi connectivity index (χ1n) is 8.87. The summed E-state index contributed by atoms with van der Waals surface area (Å²) >= 11 is 3.29. The molecule has 150 valence electrons. The fraction of sp³-hybridized carbons (Fsp3) is 0.333. The maximum absolute atomic E-state index is 13.4. The normalized spacial score (nSPS) is 10.9. The van der Waals surface area contributed by atoms with Crippen molar-refractivity contribution in [2.75, 3.05) is 38.3 Å². The van der Waals surface area contributed by atoms with Gasteiger partial charge in [0.2, 0.25) is 0 Å². The lowest BCUT2D eigenvalue weighted by molar-refractivity contribution is 0.0984. The van der Waals surface area contributed by atoms with Crippen LogP contribution in [0.25, 0.3) is 10.2 Å². The predicted molar refractivity (Wildman–Crippen MR) is 125 cm³/mol. The standard InChI is InChI=1S/C21H25N3OS2.ClH/c1-14-6-8-17(15(2)12-14)20(25)24(11-10-23(3)4)21-22-18-9-7-16(26-5)13-19(18)27-21;/h6-9,12-13H,10-11H2,1-5H3;1H. The van der Waals surface area contributed by atoms with Gasteiger partial charge in [-0.2, -0.15) is 0 Å². The summed E-state index contributed by atoms with van der Waals surface area (Å²) in [6.45, 7) is 5.42. The number of amides is 1. The van der Waals surface area contributed by atoms with Gasteiger partial charge in [0.1, 0.15) is 0 Å². The van der Waals surface area contributed by atoms with Gasteiger partial charge in [-0.1, -0.05) is 29.0 Å². The number of benzene rings is 2. The third-order valence-corrected chi connectivity index (χ3v) is 6.21. The first-order chi connectivity index (χ1) is 12.9. The number of carbonyl (C=O) groups excluding carboxylic acids is 1. The molecule has 0 spiro atoms. The van der Waals surface area contributed by atoms with Crippen LogP contribution in [0.5, 0.6) is 0 Å². The van der Waals surface area contributed by atoms with Gasteiger partial charge in [0.05, 0.1) is 10.2 Å². The molecule has 1 heterocycles. The first kappa shape index (κ1) is 22.7. The molecule has 0 unspecified atom stereocenters. The number of halogens is 1. The molecule has 0 saturated carbocycles. The molecule has 0 radical (unpaired) electrons. The Morgan fingerprint density at radius 1 is 1.11 bits per heavy atom. The minimum absolute atomic E-state index is 0. The van der Waals surface area contributed by atoms with E-state index in [9.17, 15) is 4.79 Å². The number of hydrogen-bond donors (Lipinski definition) is 0. The number of aryl methyl sites for hydroxylation is 2. The molecule has 1 aromatic heterocycles. The Balaban J connectivity index is 0.00000280. The van der Waals surface area contributed by atoms with Gasteiger partial charge in [0.25, 0.3) is 5.91 Å². The topological polar surface area (TPSA) is 36.4 Å². The summed E-state index contributed by atoms with van der Waals surface area (Å²) < 4.78 is 1.11. The van der Waals surface area contributed by atoms with E-state index in [0.29, 0.717) is 6.54 Å². The SMILES string of the molecule is CSc1ccc2nc(N(CCN(C)C)C(=O)c3ccc(C)cc3C)sc2c1.Cl. The van der Waals surface area contributed by atoms with Crippen LogP contribution in [-0.2, 0) is 0 Å². The molecule has 2 aromatic carbocycles. The summed E-state index contributed by atoms with van der Waals surface area (Å²) in [4.78, 5) is 23.2. The molecule has 0 fully saturated rings. The van der Waals surface area contributed by atoms with Gasteiger partial charge in [-0.3, -0.25) is 9.69 Å². The van der Waals surface area contributed by atoms with E-state index in [1.54, 1.807) is 23.1 Å². The zero-order valence-electron chi connectivity index (χ0n) is 16.9. The van der Waals surface area contributed by atoms with Crippen LogP contribution in [0.3, 0.4) is 0 Å². The Morgan fingerprint density at radius 2 is 1.86 bits per heavy atom. The molecule has 0 atom stereocenters. The van der Waals surface area contributed by atoms with E-state index >= 15 is 0 Å². The Bertz CT molecular complexity index is 971. The highest BCUT2D eigenvalue weighted by atomic mass is 35.5. The highest BCUT2D eigenvalue weighted by Crippen LogP contribution is 2.32. The van der Waals surface area contributed by atoms with Crippen LogP contribution in [0.2, 0.25) is 0 Å². The minimum atomic E-state index is 0. The van der Waals surface area contributed by atoms with Crippen LogP contribution >= 0.6 is 35.5 Å². The van der Waals surface area contributed by atoms with Gasteiger partial charge in [0.15, 0.2) is 5.13 Å². The predicted octanol–water partition coefficient (Wildman–Crippen LogP) is 5.27. The zero-order valence-corrected chi connectivity index (χ0v) is 19.3. The third kappa shape index (κ3) is 5.06. The second-order valence-electron chi connectivity index (χ2n) is 6.91. The Kier molecular flexibility index (Phi) is 7.89. The number of aromatic nitrogens is 1. The lowest BCUT2D eigenvalue weighted by Crippen LogP contribution is -2.37. The van der Waals surface area contributed by atoms with Gasteiger partial charge in [0, 0.05) is 23.5 Å². The van der Waals surface area contributed by atoms with Crippen molar-refractivity contribution in [3.8, 4) is 0 Å². The van der Waals surface area contributed by atoms with E-state index in [-0.39, 0.29) is 18.3 Å². The molecule has 7 heteroatoms. The number of fused-ring (bicyclic) bond motifs is 1. The third-order valence-electron chi connectivity index (χ3n) is 4.44. The number of rotatable bonds is 6. The lowest BCUT2D eigenvalue weighted by Gasteiger charge is -2.22. The maximum atomic E-state index is 13.4. The molecule has 4 nitrogen and oxygen atoms in total. The van der Waals surface area contributed by atoms with Gasteiger partial charge in [-0.15, -0.1) is 24.2 Å². The minimum Gasteiger partial charge on any atom is -0.308 e. The number of thioether (sulfide) groups is 1. The van der Waals surface area contributed by atoms with Crippen molar-refractivity contribution in [3.05, 3.63) is 53.1 Å². The van der Waals surface area contributed by atoms with Crippen LogP contribution in [-0.4, -0.2) is 49.2 Å². The lowest BCUT2D eigenvalue weighted by atomic mass is 10.0. The average molecular weight is 436 g/mol. The fourth-order valence-corrected chi connectivity index (χ4v) is 4.46. The maximum Gasteiger partial charge on any atom is 0.260 e. The number of thiazole rings is 1. The quantitative estimate of drug-likeness (QED) is 0.494. The second kappa shape index (κ2) is 9.74. The van der Waals surface area contributed by atoms with E-state index in [1.807, 2.05) is 51.0 Å². The highest BCUT2D eigenvalue weighted by molar-refractivity contribution is 7.98. The number of hydrogen-bond acceptors (Lipinski definition) is 5. The number of likely N-dealkylation sites (N-methyl/N-ethyl adjacent to an activating group) is 1. The van der Waals surface area contributed by atoms with E-state index in [2.05, 4.69) is 29.4 Å². The van der Waals surface area contributed by atoms with Gasteiger partial charge in [-0.25, -0.2) is 4.98 Å². The van der Waals surface area contributed by atoms with Crippen molar-refractivity contribution < 1.29 is 4.79 Å². The van der Waals surface area contributed by atoms with Crippen molar-refractivity contribution in [2.45, 2.75) is 18.7 Å². The molecule has 0 aliphatic heterocycles. The smallest absolute Gasteiger partial charge is 0.260 e. The van der Waals surface area contributed by atoms with Crippen molar-refractivity contribution in [1.29, 1.82) is 0 Å². The van der Waals surface area contributed by atoms with Crippen LogP contribution in [0.15, 0.2) is 41.3 Å². The van der Waals surface area contributed by atoms with Crippen LogP contribution in [0, 0.1) is 13.8 Å². The number of carbonyl (C=O) groups is 1. The molecule has 3 aromatic rings. The fourth-order valence-electron chi connectivity index (χ4n) is 2.92. The Labute approximate surface area is 181 Å². The molecule has 3 rings (SSSR count). The van der Waals surface area contributed by atoms with Crippen LogP contribution < -0.4 is 4.90 Å². The molecular formula is C21H26ClN3OS2. The molecule has 0 saturated heterocycles. The van der Waals surface area contributed by atoms with Crippen molar-refractivity contribution in [2.24, 2.45) is 0 Å². The molecule has 0 N–H and O–H groups in total. The van der Waals surface area contributed by atoms with Gasteiger partial charge >= 0.3 is 0 Å². The molecule has 0 aliphatic rings. The summed E-state index contributed by atoms with van der Waals surface area (Å²) in [5, 5.41) is 0.759. The average Bonchev–Trinajstić information content (AvgIpc) is 3.04. The van der Waals surface area contributed by atoms with E-state index in [0.717, 1.165) is 38.6 Å². The van der Waals surface area contributed by atoms with Crippen molar-refractivity contribution in [1.82, 2.24) is 9.88 Å². The zero-order chi connectivity index (χ0) is 19.6.